The van der Waals surface area contributed by atoms with Gasteiger partial charge in [0.25, 0.3) is 0 Å². The maximum Gasteiger partial charge on any atom is 0.409 e. The molecule has 1 aromatic heterocycles. The van der Waals surface area contributed by atoms with Crippen LogP contribution in [0, 0.1) is 11.8 Å². The van der Waals surface area contributed by atoms with Crippen molar-refractivity contribution < 1.29 is 37.4 Å². The van der Waals surface area contributed by atoms with E-state index in [1.54, 1.807) is 29.0 Å². The molecule has 0 saturated carbocycles. The molecule has 0 spiro atoms. The van der Waals surface area contributed by atoms with Gasteiger partial charge < -0.3 is 34.6 Å². The summed E-state index contributed by atoms with van der Waals surface area (Å²) in [6.07, 6.45) is -1.54. The average Bonchev–Trinajstić information content (AvgIpc) is 4.00. The molecule has 7 rings (SSSR count). The van der Waals surface area contributed by atoms with Crippen molar-refractivity contribution in [1.82, 2.24) is 29.3 Å². The van der Waals surface area contributed by atoms with Crippen LogP contribution >= 0.6 is 11.3 Å². The van der Waals surface area contributed by atoms with E-state index in [2.05, 4.69) is 29.6 Å². The lowest BCUT2D eigenvalue weighted by molar-refractivity contribution is -0.128. The molecule has 2 N–H and O–H groups in total. The first-order valence-corrected chi connectivity index (χ1v) is 24.7. The van der Waals surface area contributed by atoms with E-state index in [4.69, 9.17) is 14.5 Å². The minimum atomic E-state index is -4.04. The van der Waals surface area contributed by atoms with E-state index in [0.29, 0.717) is 29.5 Å². The van der Waals surface area contributed by atoms with Crippen molar-refractivity contribution in [3.63, 3.8) is 0 Å². The Labute approximate surface area is 392 Å². The van der Waals surface area contributed by atoms with Crippen LogP contribution in [0.25, 0.3) is 11.1 Å². The Morgan fingerprint density at radius 3 is 2.15 bits per heavy atom. The Morgan fingerprint density at radius 2 is 1.53 bits per heavy atom. The van der Waals surface area contributed by atoms with Crippen LogP contribution in [0.15, 0.2) is 113 Å². The van der Waals surface area contributed by atoms with E-state index in [0.717, 1.165) is 27.8 Å². The molecule has 350 valence electrons. The number of thiazole rings is 1. The number of rotatable bonds is 20. The molecule has 1 fully saturated rings. The predicted molar refractivity (Wildman–Crippen MR) is 254 cm³/mol. The van der Waals surface area contributed by atoms with Gasteiger partial charge in [-0.2, -0.15) is 4.31 Å². The summed E-state index contributed by atoms with van der Waals surface area (Å²) in [5.41, 5.74) is 6.10. The summed E-state index contributed by atoms with van der Waals surface area (Å²) in [6, 6.07) is 29.8. The first kappa shape index (κ1) is 48.1. The zero-order chi connectivity index (χ0) is 47.1. The number of hydrogen-bond acceptors (Lipinski definition) is 10. The molecule has 1 aliphatic carbocycles. The van der Waals surface area contributed by atoms with E-state index in [1.807, 2.05) is 87.7 Å². The lowest BCUT2D eigenvalue weighted by atomic mass is 9.97. The van der Waals surface area contributed by atoms with Crippen LogP contribution < -0.4 is 10.1 Å². The summed E-state index contributed by atoms with van der Waals surface area (Å²) >= 11 is 1.39. The van der Waals surface area contributed by atoms with Crippen molar-refractivity contribution >= 4 is 39.4 Å². The summed E-state index contributed by atoms with van der Waals surface area (Å²) in [5.74, 6) is -0.338. The Kier molecular flexibility index (Phi) is 15.5. The lowest BCUT2D eigenvalue weighted by Crippen LogP contribution is -2.57. The van der Waals surface area contributed by atoms with Crippen molar-refractivity contribution in [2.75, 3.05) is 46.9 Å². The van der Waals surface area contributed by atoms with Crippen LogP contribution in [0.2, 0.25) is 0 Å². The normalized spacial score (nSPS) is 15.2. The molecule has 5 aromatic rings. The number of methoxy groups -OCH3 is 1. The smallest absolute Gasteiger partial charge is 0.409 e. The van der Waals surface area contributed by atoms with Crippen molar-refractivity contribution in [1.29, 1.82) is 0 Å². The Bertz CT molecular complexity index is 2530. The number of amides is 4. The van der Waals surface area contributed by atoms with Crippen LogP contribution in [0.3, 0.4) is 0 Å². The highest BCUT2D eigenvalue weighted by molar-refractivity contribution is 7.89. The molecule has 0 radical (unpaired) electrons. The fourth-order valence-electron chi connectivity index (χ4n) is 8.80. The highest BCUT2D eigenvalue weighted by atomic mass is 32.2. The minimum absolute atomic E-state index is 0.0505. The summed E-state index contributed by atoms with van der Waals surface area (Å²) in [4.78, 5) is 51.2. The number of nitrogens with zero attached hydrogens (tertiary/aromatic N) is 5. The number of hydrogen-bond donors (Lipinski definition) is 2. The molecule has 3 atom stereocenters. The van der Waals surface area contributed by atoms with E-state index in [1.165, 1.54) is 39.8 Å². The van der Waals surface area contributed by atoms with E-state index >= 15 is 0 Å². The second-order valence-corrected chi connectivity index (χ2v) is 20.6. The summed E-state index contributed by atoms with van der Waals surface area (Å²) in [6.45, 7) is 8.73. The van der Waals surface area contributed by atoms with E-state index < -0.39 is 40.2 Å². The number of carbonyl (C=O) groups excluding carboxylic acids is 3. The topological polar surface area (TPSA) is 162 Å². The van der Waals surface area contributed by atoms with Crippen molar-refractivity contribution in [2.45, 2.75) is 76.2 Å². The largest absolute Gasteiger partial charge is 0.497 e. The third kappa shape index (κ3) is 11.1. The molecule has 66 heavy (non-hydrogen) atoms. The summed E-state index contributed by atoms with van der Waals surface area (Å²) in [7, 11) is -0.866. The number of urea groups is 1. The van der Waals surface area contributed by atoms with Gasteiger partial charge in [-0.1, -0.05) is 107 Å². The number of fused-ring (bicyclic) bond motifs is 3. The number of aromatic nitrogens is 1. The Morgan fingerprint density at radius 1 is 0.894 bits per heavy atom. The molecule has 4 aromatic carbocycles. The third-order valence-corrected chi connectivity index (χ3v) is 14.8. The maximum atomic E-state index is 14.4. The molecule has 4 amide bonds. The number of nitrogens with one attached hydrogen (secondary N) is 1. The zero-order valence-electron chi connectivity index (χ0n) is 38.4. The molecule has 2 aliphatic rings. The highest BCUT2D eigenvalue weighted by Gasteiger charge is 2.41. The SMILES string of the molecule is COc1ccc(S(=O)(=O)N(CC(C)C)C[C@@H](O)[C@H](Cc2ccccc2)NC(=O)[C@H](C(C)C)N2CCN(Cc3csc(CN(C)C(=O)OCC4c5ccccc5-c5ccccc54)n3)C2=O)cc1. The first-order valence-electron chi connectivity index (χ1n) is 22.4. The number of aliphatic hydroxyl groups excluding tert-OH is 1. The van der Waals surface area contributed by atoms with Crippen LogP contribution in [0.5, 0.6) is 5.75 Å². The standard InChI is InChI=1S/C50H60N6O8S2/c1-33(2)27-55(66(61,62)38-22-20-37(63-6)21-23-38)29-45(57)44(26-35-14-8-7-9-15-35)52-48(58)47(34(3)4)56-25-24-54(49(56)59)28-36-32-65-46(51-36)30-53(5)50(60)64-31-43-41-18-12-10-16-39(41)40-17-11-13-19-42(40)43/h7-23,32-34,43-45,47,57H,24-31H2,1-6H3,(H,52,58)/t44-,45+,47-/m0/s1. The molecule has 1 aliphatic heterocycles. The van der Waals surface area contributed by atoms with Crippen molar-refractivity contribution in [3.05, 3.63) is 136 Å². The monoisotopic (exact) mass is 936 g/mol. The van der Waals surface area contributed by atoms with Crippen molar-refractivity contribution in [2.24, 2.45) is 11.8 Å². The quantitative estimate of drug-likeness (QED) is 0.0821. The van der Waals surface area contributed by atoms with Crippen molar-refractivity contribution in [3.8, 4) is 16.9 Å². The van der Waals surface area contributed by atoms with Crippen LogP contribution in [-0.4, -0.2) is 121 Å². The molecule has 16 heteroatoms. The molecule has 14 nitrogen and oxygen atoms in total. The number of ether oxygens (including phenoxy) is 2. The van der Waals surface area contributed by atoms with Crippen LogP contribution in [-0.2, 0) is 39.1 Å². The zero-order valence-corrected chi connectivity index (χ0v) is 40.0. The van der Waals surface area contributed by atoms with E-state index in [-0.39, 0.29) is 67.9 Å². The van der Waals surface area contributed by atoms with Gasteiger partial charge in [0.15, 0.2) is 0 Å². The van der Waals surface area contributed by atoms with Gasteiger partial charge in [-0.05, 0) is 70.3 Å². The second-order valence-electron chi connectivity index (χ2n) is 17.7. The van der Waals surface area contributed by atoms with Gasteiger partial charge in [-0.3, -0.25) is 4.79 Å². The van der Waals surface area contributed by atoms with Gasteiger partial charge in [0.1, 0.15) is 23.4 Å². The summed E-state index contributed by atoms with van der Waals surface area (Å²) < 4.78 is 40.3. The second kappa shape index (κ2) is 21.2. The molecule has 0 bridgehead atoms. The number of sulfonamides is 1. The van der Waals surface area contributed by atoms with Gasteiger partial charge in [0.05, 0.1) is 42.9 Å². The van der Waals surface area contributed by atoms with Gasteiger partial charge in [-0.15, -0.1) is 11.3 Å². The Hall–Kier alpha value is -5.81. The van der Waals surface area contributed by atoms with E-state index in [9.17, 15) is 27.9 Å². The molecular formula is C50H60N6O8S2. The molecule has 0 unspecified atom stereocenters. The molecule has 1 saturated heterocycles. The number of carbonyl (C=O) groups is 3. The Balaban J connectivity index is 0.979. The summed E-state index contributed by atoms with van der Waals surface area (Å²) in [5, 5.41) is 17.5. The highest BCUT2D eigenvalue weighted by Crippen LogP contribution is 2.44. The number of aliphatic hydroxyl groups is 1. The predicted octanol–water partition coefficient (Wildman–Crippen LogP) is 7.23. The number of benzene rings is 4. The maximum absolute atomic E-state index is 14.4. The molecular weight excluding hydrogens is 877 g/mol. The fourth-order valence-corrected chi connectivity index (χ4v) is 11.3. The van der Waals surface area contributed by atoms with Gasteiger partial charge >= 0.3 is 12.1 Å². The first-order chi connectivity index (χ1) is 31.6. The molecule has 2 heterocycles. The van der Waals surface area contributed by atoms with Gasteiger partial charge in [-0.25, -0.2) is 23.0 Å². The van der Waals surface area contributed by atoms with Crippen LogP contribution in [0.4, 0.5) is 9.59 Å². The van der Waals surface area contributed by atoms with Gasteiger partial charge in [0, 0.05) is 44.5 Å². The third-order valence-electron chi connectivity index (χ3n) is 12.1. The fraction of sp³-hybridized carbons (Fsp3) is 0.400. The average molecular weight is 937 g/mol. The minimum Gasteiger partial charge on any atom is -0.497 e. The van der Waals surface area contributed by atoms with Gasteiger partial charge in [0.2, 0.25) is 15.9 Å². The lowest BCUT2D eigenvalue weighted by Gasteiger charge is -2.34. The van der Waals surface area contributed by atoms with Crippen LogP contribution in [0.1, 0.15) is 61.0 Å².